The van der Waals surface area contributed by atoms with Crippen molar-refractivity contribution in [2.75, 3.05) is 12.9 Å². The van der Waals surface area contributed by atoms with Crippen molar-refractivity contribution in [2.24, 2.45) is 0 Å². The van der Waals surface area contributed by atoms with Crippen LogP contribution in [0.3, 0.4) is 0 Å². The lowest BCUT2D eigenvalue weighted by atomic mass is 10.2. The van der Waals surface area contributed by atoms with Gasteiger partial charge in [0.2, 0.25) is 5.91 Å². The maximum absolute atomic E-state index is 11.5. The smallest absolute Gasteiger partial charge is 0.244 e. The van der Waals surface area contributed by atoms with Gasteiger partial charge in [0.15, 0.2) is 0 Å². The first-order chi connectivity index (χ1) is 8.90. The maximum Gasteiger partial charge on any atom is 0.244 e. The third-order valence-corrected chi connectivity index (χ3v) is 3.14. The molecule has 0 saturated carbocycles. The van der Waals surface area contributed by atoms with Crippen LogP contribution in [0.1, 0.15) is 27.2 Å². The number of rotatable bonds is 6. The van der Waals surface area contributed by atoms with E-state index in [1.807, 2.05) is 45.0 Å². The first-order valence-electron chi connectivity index (χ1n) is 6.14. The molecule has 0 saturated heterocycles. The van der Waals surface area contributed by atoms with Gasteiger partial charge in [-0.2, -0.15) is 0 Å². The molecule has 1 aromatic rings. The first kappa shape index (κ1) is 15.9. The normalized spacial score (nSPS) is 11.2. The number of methoxy groups -OCH3 is 1. The summed E-state index contributed by atoms with van der Waals surface area (Å²) in [6.07, 6.45) is 0.423. The fraction of sp³-hybridized carbons (Fsp3) is 0.500. The maximum atomic E-state index is 11.5. The molecule has 0 aliphatic rings. The van der Waals surface area contributed by atoms with Crippen molar-refractivity contribution < 1.29 is 14.4 Å². The second kappa shape index (κ2) is 7.40. The SMILES string of the molecule is COc1ccc(SCCC(=O)NOC(C)(C)C)cc1. The summed E-state index contributed by atoms with van der Waals surface area (Å²) >= 11 is 1.63. The second-order valence-electron chi connectivity index (χ2n) is 5.01. The van der Waals surface area contributed by atoms with Gasteiger partial charge >= 0.3 is 0 Å². The Hall–Kier alpha value is -1.20. The van der Waals surface area contributed by atoms with E-state index < -0.39 is 0 Å². The van der Waals surface area contributed by atoms with Crippen molar-refractivity contribution >= 4 is 17.7 Å². The number of hydrogen-bond donors (Lipinski definition) is 1. The van der Waals surface area contributed by atoms with Crippen LogP contribution >= 0.6 is 11.8 Å². The molecule has 4 nitrogen and oxygen atoms in total. The van der Waals surface area contributed by atoms with Gasteiger partial charge in [0, 0.05) is 17.1 Å². The number of benzene rings is 1. The molecule has 0 unspecified atom stereocenters. The van der Waals surface area contributed by atoms with Crippen molar-refractivity contribution in [3.05, 3.63) is 24.3 Å². The van der Waals surface area contributed by atoms with E-state index in [1.165, 1.54) is 0 Å². The van der Waals surface area contributed by atoms with Gasteiger partial charge in [-0.05, 0) is 45.0 Å². The van der Waals surface area contributed by atoms with Gasteiger partial charge < -0.3 is 4.74 Å². The van der Waals surface area contributed by atoms with Crippen LogP contribution in [0.4, 0.5) is 0 Å². The van der Waals surface area contributed by atoms with E-state index in [1.54, 1.807) is 18.9 Å². The summed E-state index contributed by atoms with van der Waals surface area (Å²) in [5.41, 5.74) is 2.09. The number of amides is 1. The van der Waals surface area contributed by atoms with Crippen LogP contribution in [0.15, 0.2) is 29.2 Å². The molecule has 0 radical (unpaired) electrons. The predicted molar refractivity (Wildman–Crippen MR) is 77.3 cm³/mol. The fourth-order valence-corrected chi connectivity index (χ4v) is 2.05. The Labute approximate surface area is 118 Å². The van der Waals surface area contributed by atoms with E-state index in [-0.39, 0.29) is 11.5 Å². The molecular formula is C14H21NO3S. The average molecular weight is 283 g/mol. The van der Waals surface area contributed by atoms with E-state index in [0.717, 1.165) is 10.6 Å². The number of carbonyl (C=O) groups is 1. The monoisotopic (exact) mass is 283 g/mol. The molecule has 19 heavy (non-hydrogen) atoms. The van der Waals surface area contributed by atoms with E-state index in [0.29, 0.717) is 12.2 Å². The summed E-state index contributed by atoms with van der Waals surface area (Å²) in [4.78, 5) is 17.8. The van der Waals surface area contributed by atoms with Crippen molar-refractivity contribution in [2.45, 2.75) is 37.7 Å². The van der Waals surface area contributed by atoms with Crippen LogP contribution in [-0.4, -0.2) is 24.4 Å². The molecule has 1 aromatic carbocycles. The largest absolute Gasteiger partial charge is 0.497 e. The number of ether oxygens (including phenoxy) is 1. The van der Waals surface area contributed by atoms with Crippen LogP contribution in [0.5, 0.6) is 5.75 Å². The molecule has 0 bridgehead atoms. The summed E-state index contributed by atoms with van der Waals surface area (Å²) in [6.45, 7) is 5.66. The Morgan fingerprint density at radius 1 is 1.26 bits per heavy atom. The van der Waals surface area contributed by atoms with Crippen molar-refractivity contribution in [3.63, 3.8) is 0 Å². The summed E-state index contributed by atoms with van der Waals surface area (Å²) in [6, 6.07) is 7.77. The van der Waals surface area contributed by atoms with E-state index >= 15 is 0 Å². The van der Waals surface area contributed by atoms with E-state index in [9.17, 15) is 4.79 Å². The third-order valence-electron chi connectivity index (χ3n) is 2.13. The highest BCUT2D eigenvalue weighted by atomic mass is 32.2. The van der Waals surface area contributed by atoms with Gasteiger partial charge in [0.05, 0.1) is 12.7 Å². The first-order valence-corrected chi connectivity index (χ1v) is 7.13. The molecule has 1 rings (SSSR count). The van der Waals surface area contributed by atoms with Crippen LogP contribution < -0.4 is 10.2 Å². The van der Waals surface area contributed by atoms with Crippen molar-refractivity contribution in [3.8, 4) is 5.75 Å². The lowest BCUT2D eigenvalue weighted by Gasteiger charge is -2.18. The fourth-order valence-electron chi connectivity index (χ4n) is 1.19. The quantitative estimate of drug-likeness (QED) is 0.644. The molecule has 0 heterocycles. The minimum atomic E-state index is -0.362. The molecule has 1 N–H and O–H groups in total. The number of hydrogen-bond acceptors (Lipinski definition) is 4. The molecule has 0 aromatic heterocycles. The molecular weight excluding hydrogens is 262 g/mol. The zero-order valence-corrected chi connectivity index (χ0v) is 12.7. The average Bonchev–Trinajstić information content (AvgIpc) is 2.36. The molecule has 1 amide bonds. The number of hydroxylamine groups is 1. The molecule has 0 fully saturated rings. The standard InChI is InChI=1S/C14H21NO3S/c1-14(2,3)18-15-13(16)9-10-19-12-7-5-11(17-4)6-8-12/h5-8H,9-10H2,1-4H3,(H,15,16). The lowest BCUT2D eigenvalue weighted by molar-refractivity contribution is -0.145. The van der Waals surface area contributed by atoms with E-state index in [2.05, 4.69) is 5.48 Å². The number of carbonyl (C=O) groups excluding carboxylic acids is 1. The lowest BCUT2D eigenvalue weighted by Crippen LogP contribution is -2.33. The topological polar surface area (TPSA) is 47.6 Å². The molecule has 5 heteroatoms. The zero-order valence-electron chi connectivity index (χ0n) is 11.9. The summed E-state index contributed by atoms with van der Waals surface area (Å²) in [7, 11) is 1.64. The summed E-state index contributed by atoms with van der Waals surface area (Å²) < 4.78 is 5.09. The van der Waals surface area contributed by atoms with Crippen molar-refractivity contribution in [1.29, 1.82) is 0 Å². The van der Waals surface area contributed by atoms with Crippen LogP contribution in [0.2, 0.25) is 0 Å². The Balaban J connectivity index is 2.24. The van der Waals surface area contributed by atoms with E-state index in [4.69, 9.17) is 9.57 Å². The second-order valence-corrected chi connectivity index (χ2v) is 6.18. The van der Waals surface area contributed by atoms with Gasteiger partial charge in [-0.3, -0.25) is 9.63 Å². The Bertz CT molecular complexity index is 398. The third kappa shape index (κ3) is 7.08. The van der Waals surface area contributed by atoms with Gasteiger partial charge in [-0.15, -0.1) is 11.8 Å². The number of nitrogens with one attached hydrogen (secondary N) is 1. The highest BCUT2D eigenvalue weighted by Gasteiger charge is 2.12. The Morgan fingerprint density at radius 2 is 1.89 bits per heavy atom. The summed E-state index contributed by atoms with van der Waals surface area (Å²) in [5, 5.41) is 0. The van der Waals surface area contributed by atoms with Gasteiger partial charge in [-0.1, -0.05) is 0 Å². The zero-order chi connectivity index (χ0) is 14.3. The van der Waals surface area contributed by atoms with Gasteiger partial charge in [0.1, 0.15) is 5.75 Å². The highest BCUT2D eigenvalue weighted by Crippen LogP contribution is 2.21. The molecule has 106 valence electrons. The predicted octanol–water partition coefficient (Wildman–Crippen LogP) is 3.02. The Kier molecular flexibility index (Phi) is 6.18. The minimum Gasteiger partial charge on any atom is -0.497 e. The molecule has 0 spiro atoms. The van der Waals surface area contributed by atoms with Gasteiger partial charge in [-0.25, -0.2) is 5.48 Å². The van der Waals surface area contributed by atoms with Crippen LogP contribution in [-0.2, 0) is 9.63 Å². The van der Waals surface area contributed by atoms with Crippen LogP contribution in [0.25, 0.3) is 0 Å². The van der Waals surface area contributed by atoms with Crippen molar-refractivity contribution in [1.82, 2.24) is 5.48 Å². The number of thioether (sulfide) groups is 1. The minimum absolute atomic E-state index is 0.101. The molecule has 0 aliphatic heterocycles. The van der Waals surface area contributed by atoms with Gasteiger partial charge in [0.25, 0.3) is 0 Å². The Morgan fingerprint density at radius 3 is 2.42 bits per heavy atom. The molecule has 0 atom stereocenters. The molecule has 0 aliphatic carbocycles. The highest BCUT2D eigenvalue weighted by molar-refractivity contribution is 7.99. The summed E-state index contributed by atoms with van der Waals surface area (Å²) in [5.74, 6) is 1.45. The van der Waals surface area contributed by atoms with Crippen LogP contribution in [0, 0.1) is 0 Å².